The number of likely N-dealkylation sites (tertiary alicyclic amines) is 1. The molecule has 2 aromatic heterocycles. The Bertz CT molecular complexity index is 1180. The minimum absolute atomic E-state index is 0.0369. The van der Waals surface area contributed by atoms with Gasteiger partial charge in [-0.05, 0) is 43.1 Å². The molecule has 0 saturated carbocycles. The largest absolute Gasteiger partial charge is 0.308 e. The maximum Gasteiger partial charge on any atom is 0.247 e. The van der Waals surface area contributed by atoms with Crippen LogP contribution < -0.4 is 5.32 Å². The lowest BCUT2D eigenvalue weighted by Crippen LogP contribution is -2.35. The van der Waals surface area contributed by atoms with Crippen LogP contribution in [0, 0.1) is 0 Å². The Morgan fingerprint density at radius 1 is 0.968 bits per heavy atom. The second-order valence-corrected chi connectivity index (χ2v) is 7.94. The van der Waals surface area contributed by atoms with Gasteiger partial charge in [-0.2, -0.15) is 5.10 Å². The van der Waals surface area contributed by atoms with Crippen molar-refractivity contribution < 1.29 is 4.79 Å². The van der Waals surface area contributed by atoms with Crippen molar-refractivity contribution in [2.24, 2.45) is 0 Å². The molecule has 1 aliphatic rings. The van der Waals surface area contributed by atoms with Crippen LogP contribution in [0.5, 0.6) is 0 Å². The van der Waals surface area contributed by atoms with Crippen molar-refractivity contribution in [1.29, 1.82) is 0 Å². The standard InChI is InChI=1S/C25H25N5O/c31-25(24(29-15-4-5-16-29)20-8-2-1-3-9-20)27-22-13-17-30(28-22)18-21-11-6-10-19-12-7-14-26-23(19)21/h1-3,6-14,17,24H,4-5,15-16,18H2,(H,27,28,31). The summed E-state index contributed by atoms with van der Waals surface area (Å²) in [4.78, 5) is 20.0. The Balaban J connectivity index is 1.34. The topological polar surface area (TPSA) is 63.1 Å². The third-order valence-electron chi connectivity index (χ3n) is 5.81. The van der Waals surface area contributed by atoms with Crippen LogP contribution in [0.4, 0.5) is 5.82 Å². The van der Waals surface area contributed by atoms with Crippen LogP contribution >= 0.6 is 0 Å². The maximum atomic E-state index is 13.2. The SMILES string of the molecule is O=C(Nc1ccn(Cc2cccc3cccnc23)n1)C(c1ccccc1)N1CCCC1. The molecule has 2 aromatic carbocycles. The van der Waals surface area contributed by atoms with Gasteiger partial charge >= 0.3 is 0 Å². The number of para-hydroxylation sites is 1. The van der Waals surface area contributed by atoms with E-state index in [9.17, 15) is 4.79 Å². The van der Waals surface area contributed by atoms with Gasteiger partial charge in [-0.25, -0.2) is 0 Å². The highest BCUT2D eigenvalue weighted by atomic mass is 16.2. The van der Waals surface area contributed by atoms with Crippen LogP contribution in [0.2, 0.25) is 0 Å². The second kappa shape index (κ2) is 8.70. The van der Waals surface area contributed by atoms with Crippen molar-refractivity contribution in [1.82, 2.24) is 19.7 Å². The summed E-state index contributed by atoms with van der Waals surface area (Å²) < 4.78 is 1.84. The smallest absolute Gasteiger partial charge is 0.247 e. The number of pyridine rings is 1. The Labute approximate surface area is 181 Å². The predicted octanol–water partition coefficient (Wildman–Crippen LogP) is 4.26. The van der Waals surface area contributed by atoms with Crippen LogP contribution in [-0.2, 0) is 11.3 Å². The number of carbonyl (C=O) groups is 1. The van der Waals surface area contributed by atoms with Crippen molar-refractivity contribution >= 4 is 22.6 Å². The fourth-order valence-corrected chi connectivity index (χ4v) is 4.34. The van der Waals surface area contributed by atoms with Gasteiger partial charge in [0.1, 0.15) is 6.04 Å². The first-order valence-corrected chi connectivity index (χ1v) is 10.7. The quantitative estimate of drug-likeness (QED) is 0.515. The van der Waals surface area contributed by atoms with E-state index >= 15 is 0 Å². The van der Waals surface area contributed by atoms with Crippen LogP contribution in [-0.4, -0.2) is 38.7 Å². The summed E-state index contributed by atoms with van der Waals surface area (Å²) >= 11 is 0. The number of carbonyl (C=O) groups excluding carboxylic acids is 1. The average Bonchev–Trinajstić information content (AvgIpc) is 3.48. The predicted molar refractivity (Wildman–Crippen MR) is 122 cm³/mol. The number of nitrogens with zero attached hydrogens (tertiary/aromatic N) is 4. The molecule has 1 N–H and O–H groups in total. The third kappa shape index (κ3) is 4.20. The molecule has 31 heavy (non-hydrogen) atoms. The van der Waals surface area contributed by atoms with Gasteiger partial charge in [-0.3, -0.25) is 19.4 Å². The van der Waals surface area contributed by atoms with Gasteiger partial charge in [-0.1, -0.05) is 54.6 Å². The molecule has 0 aliphatic carbocycles. The van der Waals surface area contributed by atoms with E-state index < -0.39 is 0 Å². The minimum Gasteiger partial charge on any atom is -0.308 e. The highest BCUT2D eigenvalue weighted by Crippen LogP contribution is 2.26. The molecule has 5 rings (SSSR count). The number of fused-ring (bicyclic) bond motifs is 1. The first-order chi connectivity index (χ1) is 15.3. The van der Waals surface area contributed by atoms with Gasteiger partial charge in [0.2, 0.25) is 5.91 Å². The molecule has 1 aliphatic heterocycles. The molecule has 1 unspecified atom stereocenters. The lowest BCUT2D eigenvalue weighted by atomic mass is 10.0. The molecule has 6 nitrogen and oxygen atoms in total. The number of amides is 1. The molecule has 0 bridgehead atoms. The summed E-state index contributed by atoms with van der Waals surface area (Å²) in [6, 6.07) is 21.7. The maximum absolute atomic E-state index is 13.2. The third-order valence-corrected chi connectivity index (χ3v) is 5.81. The van der Waals surface area contributed by atoms with E-state index in [4.69, 9.17) is 0 Å². The van der Waals surface area contributed by atoms with Crippen molar-refractivity contribution in [2.45, 2.75) is 25.4 Å². The van der Waals surface area contributed by atoms with Crippen LogP contribution in [0.1, 0.15) is 30.0 Å². The number of anilines is 1. The van der Waals surface area contributed by atoms with Crippen molar-refractivity contribution in [3.63, 3.8) is 0 Å². The minimum atomic E-state index is -0.295. The zero-order chi connectivity index (χ0) is 21.0. The van der Waals surface area contributed by atoms with Crippen LogP contribution in [0.25, 0.3) is 10.9 Å². The van der Waals surface area contributed by atoms with E-state index in [1.165, 1.54) is 0 Å². The van der Waals surface area contributed by atoms with Gasteiger partial charge in [0.05, 0.1) is 12.1 Å². The molecule has 0 spiro atoms. The Morgan fingerprint density at radius 2 is 1.77 bits per heavy atom. The van der Waals surface area contributed by atoms with E-state index in [-0.39, 0.29) is 11.9 Å². The fraction of sp³-hybridized carbons (Fsp3) is 0.240. The molecule has 156 valence electrons. The van der Waals surface area contributed by atoms with E-state index in [0.717, 1.165) is 48.0 Å². The number of hydrogen-bond donors (Lipinski definition) is 1. The lowest BCUT2D eigenvalue weighted by molar-refractivity contribution is -0.121. The van der Waals surface area contributed by atoms with Gasteiger partial charge in [-0.15, -0.1) is 0 Å². The van der Waals surface area contributed by atoms with Crippen LogP contribution in [0.3, 0.4) is 0 Å². The first kappa shape index (κ1) is 19.5. The molecule has 0 radical (unpaired) electrons. The summed E-state index contributed by atoms with van der Waals surface area (Å²) in [5.74, 6) is 0.531. The summed E-state index contributed by atoms with van der Waals surface area (Å²) in [6.07, 6.45) is 5.96. The molecule has 1 atom stereocenters. The molecule has 1 fully saturated rings. The molecule has 6 heteroatoms. The van der Waals surface area contributed by atoms with Crippen molar-refractivity contribution in [3.05, 3.63) is 90.3 Å². The monoisotopic (exact) mass is 411 g/mol. The van der Waals surface area contributed by atoms with Gasteiger partial charge < -0.3 is 5.32 Å². The molecule has 3 heterocycles. The molecular formula is C25H25N5O. The van der Waals surface area contributed by atoms with E-state index in [1.807, 2.05) is 65.6 Å². The lowest BCUT2D eigenvalue weighted by Gasteiger charge is -2.26. The summed E-state index contributed by atoms with van der Waals surface area (Å²) in [5.41, 5.74) is 3.09. The summed E-state index contributed by atoms with van der Waals surface area (Å²) in [6.45, 7) is 2.48. The summed E-state index contributed by atoms with van der Waals surface area (Å²) in [7, 11) is 0. The zero-order valence-electron chi connectivity index (χ0n) is 17.3. The number of rotatable bonds is 6. The molecular weight excluding hydrogens is 386 g/mol. The van der Waals surface area contributed by atoms with Crippen molar-refractivity contribution in [2.75, 3.05) is 18.4 Å². The number of hydrogen-bond acceptors (Lipinski definition) is 4. The van der Waals surface area contributed by atoms with E-state index in [2.05, 4.69) is 38.5 Å². The van der Waals surface area contributed by atoms with Gasteiger partial charge in [0.15, 0.2) is 5.82 Å². The molecule has 1 amide bonds. The van der Waals surface area contributed by atoms with Crippen LogP contribution in [0.15, 0.2) is 79.1 Å². The number of nitrogens with one attached hydrogen (secondary N) is 1. The van der Waals surface area contributed by atoms with Crippen molar-refractivity contribution in [3.8, 4) is 0 Å². The van der Waals surface area contributed by atoms with Gasteiger partial charge in [0, 0.05) is 23.8 Å². The van der Waals surface area contributed by atoms with E-state index in [1.54, 1.807) is 0 Å². The normalized spacial score (nSPS) is 15.2. The Morgan fingerprint density at radius 3 is 2.61 bits per heavy atom. The number of benzene rings is 2. The Hall–Kier alpha value is -3.51. The fourth-order valence-electron chi connectivity index (χ4n) is 4.34. The second-order valence-electron chi connectivity index (χ2n) is 7.94. The van der Waals surface area contributed by atoms with Gasteiger partial charge in [0.25, 0.3) is 0 Å². The highest BCUT2D eigenvalue weighted by Gasteiger charge is 2.30. The molecule has 4 aromatic rings. The zero-order valence-corrected chi connectivity index (χ0v) is 17.3. The highest BCUT2D eigenvalue weighted by molar-refractivity contribution is 5.94. The number of aromatic nitrogens is 3. The average molecular weight is 412 g/mol. The first-order valence-electron chi connectivity index (χ1n) is 10.7. The summed E-state index contributed by atoms with van der Waals surface area (Å²) in [5, 5.41) is 8.73. The van der Waals surface area contributed by atoms with E-state index in [0.29, 0.717) is 12.4 Å². The Kier molecular flexibility index (Phi) is 5.46. The molecule has 1 saturated heterocycles.